The zero-order valence-corrected chi connectivity index (χ0v) is 14.7. The van der Waals surface area contributed by atoms with E-state index in [4.69, 9.17) is 0 Å². The molecule has 0 amide bonds. The summed E-state index contributed by atoms with van der Waals surface area (Å²) < 4.78 is 0. The average Bonchev–Trinajstić information content (AvgIpc) is 3.14. The fourth-order valence-corrected chi connectivity index (χ4v) is 4.14. The van der Waals surface area contributed by atoms with E-state index in [1.165, 1.54) is 0 Å². The largest absolute Gasteiger partial charge is 0.506 e. The first kappa shape index (κ1) is 17.4. The number of likely N-dealkylation sites (tertiary alicyclic amines) is 1. The quantitative estimate of drug-likeness (QED) is 0.774. The fourth-order valence-electron chi connectivity index (χ4n) is 3.34. The van der Waals surface area contributed by atoms with Gasteiger partial charge in [-0.15, -0.1) is 11.3 Å². The summed E-state index contributed by atoms with van der Waals surface area (Å²) in [5.41, 5.74) is 2.03. The van der Waals surface area contributed by atoms with Crippen molar-refractivity contribution in [3.63, 3.8) is 0 Å². The van der Waals surface area contributed by atoms with Gasteiger partial charge in [0.1, 0.15) is 5.75 Å². The van der Waals surface area contributed by atoms with Crippen molar-refractivity contribution in [1.29, 1.82) is 0 Å². The number of aliphatic hydroxyl groups is 2. The maximum atomic E-state index is 10.5. The molecule has 1 aliphatic heterocycles. The van der Waals surface area contributed by atoms with Crippen LogP contribution >= 0.6 is 11.3 Å². The lowest BCUT2D eigenvalue weighted by Crippen LogP contribution is -2.35. The zero-order valence-electron chi connectivity index (χ0n) is 13.9. The molecule has 130 valence electrons. The topological polar surface area (TPSA) is 76.8 Å². The second kappa shape index (κ2) is 7.61. The molecule has 0 radical (unpaired) electrons. The molecule has 0 unspecified atom stereocenters. The van der Waals surface area contributed by atoms with Crippen molar-refractivity contribution in [2.75, 3.05) is 13.1 Å². The Morgan fingerprint density at radius 1 is 1.38 bits per heavy atom. The summed E-state index contributed by atoms with van der Waals surface area (Å²) in [6.45, 7) is 4.00. The maximum absolute atomic E-state index is 10.5. The van der Waals surface area contributed by atoms with Gasteiger partial charge < -0.3 is 15.3 Å². The highest BCUT2D eigenvalue weighted by molar-refractivity contribution is 7.10. The SMILES string of the molecule is Cc1ncc(CO)c(CN2CCC([C@H](O)c3cccs3)CC2)c1O. The van der Waals surface area contributed by atoms with Crippen molar-refractivity contribution in [3.05, 3.63) is 45.4 Å². The summed E-state index contributed by atoms with van der Waals surface area (Å²) in [7, 11) is 0. The third-order valence-electron chi connectivity index (χ3n) is 4.90. The van der Waals surface area contributed by atoms with Crippen LogP contribution in [-0.2, 0) is 13.2 Å². The summed E-state index contributed by atoms with van der Waals surface area (Å²) in [4.78, 5) is 7.42. The molecule has 3 heterocycles. The molecule has 0 bridgehead atoms. The van der Waals surface area contributed by atoms with Crippen LogP contribution in [0, 0.1) is 12.8 Å². The summed E-state index contributed by atoms with van der Waals surface area (Å²) in [5, 5.41) is 32.2. The average molecular weight is 348 g/mol. The maximum Gasteiger partial charge on any atom is 0.141 e. The first-order chi connectivity index (χ1) is 11.6. The Balaban J connectivity index is 1.63. The monoisotopic (exact) mass is 348 g/mol. The third kappa shape index (κ3) is 3.62. The highest BCUT2D eigenvalue weighted by atomic mass is 32.1. The Bertz CT molecular complexity index is 667. The number of hydrogen-bond acceptors (Lipinski definition) is 6. The summed E-state index contributed by atoms with van der Waals surface area (Å²) >= 11 is 1.61. The van der Waals surface area contributed by atoms with E-state index < -0.39 is 0 Å². The molecule has 5 nitrogen and oxygen atoms in total. The summed E-state index contributed by atoms with van der Waals surface area (Å²) in [6.07, 6.45) is 3.12. The number of pyridine rings is 1. The van der Waals surface area contributed by atoms with Gasteiger partial charge in [0.05, 0.1) is 18.4 Å². The van der Waals surface area contributed by atoms with Crippen molar-refractivity contribution in [2.24, 2.45) is 5.92 Å². The Morgan fingerprint density at radius 3 is 2.75 bits per heavy atom. The molecule has 1 atom stereocenters. The number of aromatic nitrogens is 1. The van der Waals surface area contributed by atoms with Gasteiger partial charge in [-0.25, -0.2) is 0 Å². The third-order valence-corrected chi connectivity index (χ3v) is 5.84. The van der Waals surface area contributed by atoms with Crippen molar-refractivity contribution in [1.82, 2.24) is 9.88 Å². The van der Waals surface area contributed by atoms with E-state index in [0.717, 1.165) is 36.4 Å². The molecule has 1 fully saturated rings. The van der Waals surface area contributed by atoms with Gasteiger partial charge in [0, 0.05) is 28.7 Å². The number of piperidine rings is 1. The molecule has 2 aromatic heterocycles. The first-order valence-electron chi connectivity index (χ1n) is 8.31. The molecule has 0 aliphatic carbocycles. The van der Waals surface area contributed by atoms with Crippen molar-refractivity contribution >= 4 is 11.3 Å². The van der Waals surface area contributed by atoms with Gasteiger partial charge in [-0.2, -0.15) is 0 Å². The second-order valence-electron chi connectivity index (χ2n) is 6.43. The molecular weight excluding hydrogens is 324 g/mol. The number of thiophene rings is 1. The number of rotatable bonds is 5. The van der Waals surface area contributed by atoms with E-state index >= 15 is 0 Å². The standard InChI is InChI=1S/C18H24N2O3S/c1-12-17(22)15(14(11-21)9-19-12)10-20-6-4-13(5-7-20)18(23)16-3-2-8-24-16/h2-3,8-9,13,18,21-23H,4-7,10-11H2,1H3/t18-/m0/s1. The Hall–Kier alpha value is -1.47. The van der Waals surface area contributed by atoms with Crippen LogP contribution < -0.4 is 0 Å². The van der Waals surface area contributed by atoms with Crippen LogP contribution in [0.1, 0.15) is 40.6 Å². The lowest BCUT2D eigenvalue weighted by Gasteiger charge is -2.34. The normalized spacial score (nSPS) is 18.0. The van der Waals surface area contributed by atoms with Crippen LogP contribution in [0.25, 0.3) is 0 Å². The van der Waals surface area contributed by atoms with E-state index in [2.05, 4.69) is 9.88 Å². The number of hydrogen-bond donors (Lipinski definition) is 3. The van der Waals surface area contributed by atoms with Gasteiger partial charge in [-0.05, 0) is 50.2 Å². The highest BCUT2D eigenvalue weighted by Gasteiger charge is 2.27. The first-order valence-corrected chi connectivity index (χ1v) is 9.19. The van der Waals surface area contributed by atoms with E-state index in [-0.39, 0.29) is 24.4 Å². The summed E-state index contributed by atoms with van der Waals surface area (Å²) in [6, 6.07) is 3.97. The Morgan fingerprint density at radius 2 is 2.12 bits per heavy atom. The van der Waals surface area contributed by atoms with Crippen LogP contribution in [-0.4, -0.2) is 38.3 Å². The molecule has 2 aromatic rings. The fraction of sp³-hybridized carbons (Fsp3) is 0.500. The number of aliphatic hydroxyl groups excluding tert-OH is 2. The van der Waals surface area contributed by atoms with Gasteiger partial charge in [-0.3, -0.25) is 9.88 Å². The van der Waals surface area contributed by atoms with E-state index in [1.807, 2.05) is 17.5 Å². The van der Waals surface area contributed by atoms with Crippen LogP contribution in [0.2, 0.25) is 0 Å². The van der Waals surface area contributed by atoms with E-state index in [0.29, 0.717) is 17.8 Å². The predicted molar refractivity (Wildman–Crippen MR) is 93.8 cm³/mol. The van der Waals surface area contributed by atoms with Crippen LogP contribution in [0.3, 0.4) is 0 Å². The van der Waals surface area contributed by atoms with Gasteiger partial charge in [0.25, 0.3) is 0 Å². The molecular formula is C18H24N2O3S. The van der Waals surface area contributed by atoms with Crippen molar-refractivity contribution in [3.8, 4) is 5.75 Å². The van der Waals surface area contributed by atoms with Gasteiger partial charge in [0.2, 0.25) is 0 Å². The van der Waals surface area contributed by atoms with Gasteiger partial charge in [0.15, 0.2) is 0 Å². The molecule has 1 saturated heterocycles. The molecule has 3 N–H and O–H groups in total. The minimum Gasteiger partial charge on any atom is -0.506 e. The molecule has 0 spiro atoms. The smallest absolute Gasteiger partial charge is 0.141 e. The molecule has 1 aliphatic rings. The molecule has 6 heteroatoms. The van der Waals surface area contributed by atoms with E-state index in [9.17, 15) is 15.3 Å². The molecule has 0 saturated carbocycles. The predicted octanol–water partition coefficient (Wildman–Crippen LogP) is 2.60. The lowest BCUT2D eigenvalue weighted by molar-refractivity contribution is 0.0586. The zero-order chi connectivity index (χ0) is 17.1. The Kier molecular flexibility index (Phi) is 5.50. The number of aryl methyl sites for hydroxylation is 1. The summed E-state index contributed by atoms with van der Waals surface area (Å²) in [5.74, 6) is 0.465. The van der Waals surface area contributed by atoms with Crippen molar-refractivity contribution in [2.45, 2.75) is 39.0 Å². The number of aromatic hydroxyl groups is 1. The van der Waals surface area contributed by atoms with Crippen LogP contribution in [0.15, 0.2) is 23.7 Å². The molecule has 0 aromatic carbocycles. The van der Waals surface area contributed by atoms with Gasteiger partial charge >= 0.3 is 0 Å². The molecule has 3 rings (SSSR count). The number of nitrogens with zero attached hydrogens (tertiary/aromatic N) is 2. The van der Waals surface area contributed by atoms with Crippen LogP contribution in [0.5, 0.6) is 5.75 Å². The highest BCUT2D eigenvalue weighted by Crippen LogP contribution is 2.34. The van der Waals surface area contributed by atoms with Crippen molar-refractivity contribution < 1.29 is 15.3 Å². The minimum atomic E-state index is -0.378. The van der Waals surface area contributed by atoms with E-state index in [1.54, 1.807) is 24.5 Å². The van der Waals surface area contributed by atoms with Gasteiger partial charge in [-0.1, -0.05) is 6.07 Å². The molecule has 24 heavy (non-hydrogen) atoms. The Labute approximate surface area is 146 Å². The second-order valence-corrected chi connectivity index (χ2v) is 7.41. The van der Waals surface area contributed by atoms with Crippen LogP contribution in [0.4, 0.5) is 0 Å². The lowest BCUT2D eigenvalue weighted by atomic mass is 9.90. The minimum absolute atomic E-state index is 0.121.